The Kier molecular flexibility index (Phi) is 2.87. The quantitative estimate of drug-likeness (QED) is 0.653. The first kappa shape index (κ1) is 11.7. The molecule has 0 saturated carbocycles. The molecular weight excluding hydrogens is 242 g/mol. The summed E-state index contributed by atoms with van der Waals surface area (Å²) < 4.78 is 0. The van der Waals surface area contributed by atoms with Crippen molar-refractivity contribution in [2.45, 2.75) is 32.6 Å². The van der Waals surface area contributed by atoms with E-state index in [1.165, 1.54) is 22.3 Å². The number of hydrogen-bond acceptors (Lipinski definition) is 1. The average molecular weight is 258 g/mol. The monoisotopic (exact) mass is 257 g/mol. The average Bonchev–Trinajstić information content (AvgIpc) is 2.76. The minimum Gasteiger partial charge on any atom is -0.265 e. The molecule has 0 N–H and O–H groups in total. The molecule has 2 aliphatic rings. The largest absolute Gasteiger partial charge is 0.265 e. The van der Waals surface area contributed by atoms with Crippen molar-refractivity contribution in [3.63, 3.8) is 0 Å². The van der Waals surface area contributed by atoms with Crippen LogP contribution in [0.15, 0.2) is 35.5 Å². The molecule has 0 unspecified atom stereocenters. The second-order valence-electron chi connectivity index (χ2n) is 5.19. The van der Waals surface area contributed by atoms with Crippen molar-refractivity contribution in [3.8, 4) is 0 Å². The molecule has 18 heavy (non-hydrogen) atoms. The molecule has 1 aliphatic heterocycles. The Morgan fingerprint density at radius 2 is 2.06 bits per heavy atom. The molecular formula is C16H16ClN. The highest BCUT2D eigenvalue weighted by Crippen LogP contribution is 2.37. The van der Waals surface area contributed by atoms with E-state index >= 15 is 0 Å². The predicted molar refractivity (Wildman–Crippen MR) is 78.3 cm³/mol. The van der Waals surface area contributed by atoms with Crippen molar-refractivity contribution in [2.75, 3.05) is 0 Å². The number of hydrogen-bond donors (Lipinski definition) is 0. The van der Waals surface area contributed by atoms with Crippen molar-refractivity contribution < 1.29 is 0 Å². The van der Waals surface area contributed by atoms with Crippen LogP contribution in [0.2, 0.25) is 5.02 Å². The molecule has 0 bridgehead atoms. The number of allylic oxidation sites excluding steroid dienone is 2. The number of benzene rings is 1. The maximum absolute atomic E-state index is 6.58. The third-order valence-corrected chi connectivity index (χ3v) is 4.17. The number of halogens is 1. The second kappa shape index (κ2) is 4.40. The molecule has 0 radical (unpaired) electrons. The Balaban J connectivity index is 2.02. The summed E-state index contributed by atoms with van der Waals surface area (Å²) in [6.07, 6.45) is 5.93. The molecule has 92 valence electrons. The van der Waals surface area contributed by atoms with Crippen LogP contribution in [0, 0.1) is 0 Å². The van der Waals surface area contributed by atoms with Crippen molar-refractivity contribution in [1.29, 1.82) is 0 Å². The molecule has 1 aromatic carbocycles. The van der Waals surface area contributed by atoms with Crippen LogP contribution in [0.3, 0.4) is 0 Å². The number of rotatable bonds is 1. The van der Waals surface area contributed by atoms with E-state index in [1.54, 1.807) is 0 Å². The fourth-order valence-electron chi connectivity index (χ4n) is 2.72. The van der Waals surface area contributed by atoms with Crippen molar-refractivity contribution in [3.05, 3.63) is 52.2 Å². The van der Waals surface area contributed by atoms with E-state index < -0.39 is 0 Å². The Hall–Kier alpha value is -1.34. The number of fused-ring (bicyclic) bond motifs is 1. The topological polar surface area (TPSA) is 12.4 Å². The Morgan fingerprint density at radius 1 is 1.22 bits per heavy atom. The molecule has 0 spiro atoms. The molecule has 1 aliphatic carbocycles. The lowest BCUT2D eigenvalue weighted by Gasteiger charge is -2.21. The van der Waals surface area contributed by atoms with Gasteiger partial charge in [0.15, 0.2) is 0 Å². The van der Waals surface area contributed by atoms with E-state index in [4.69, 9.17) is 11.6 Å². The van der Waals surface area contributed by atoms with Crippen LogP contribution in [0.5, 0.6) is 0 Å². The second-order valence-corrected chi connectivity index (χ2v) is 5.57. The van der Waals surface area contributed by atoms with E-state index in [9.17, 15) is 0 Å². The van der Waals surface area contributed by atoms with E-state index in [0.717, 1.165) is 42.0 Å². The highest BCUT2D eigenvalue weighted by atomic mass is 35.5. The predicted octanol–water partition coefficient (Wildman–Crippen LogP) is 4.59. The van der Waals surface area contributed by atoms with Gasteiger partial charge < -0.3 is 0 Å². The molecule has 1 nitrogen and oxygen atoms in total. The van der Waals surface area contributed by atoms with Gasteiger partial charge >= 0.3 is 0 Å². The van der Waals surface area contributed by atoms with Crippen LogP contribution in [0.1, 0.15) is 36.5 Å². The fraction of sp³-hybridized carbons (Fsp3) is 0.312. The van der Waals surface area contributed by atoms with Gasteiger partial charge in [0.05, 0.1) is 5.02 Å². The first-order valence-electron chi connectivity index (χ1n) is 6.35. The smallest absolute Gasteiger partial charge is 0.0516 e. The third-order valence-electron chi connectivity index (χ3n) is 3.74. The fourth-order valence-corrected chi connectivity index (χ4v) is 3.12. The zero-order chi connectivity index (χ0) is 12.7. The van der Waals surface area contributed by atoms with Crippen LogP contribution in [0.25, 0.3) is 5.57 Å². The summed E-state index contributed by atoms with van der Waals surface area (Å²) in [7, 11) is 0. The minimum absolute atomic E-state index is 0.922. The van der Waals surface area contributed by atoms with Crippen LogP contribution in [-0.2, 0) is 12.8 Å². The summed E-state index contributed by atoms with van der Waals surface area (Å²) in [5, 5.41) is 0.927. The summed E-state index contributed by atoms with van der Waals surface area (Å²) in [5.74, 6) is 0. The number of aliphatic imine (C=N–C) groups is 1. The first-order chi connectivity index (χ1) is 8.65. The van der Waals surface area contributed by atoms with E-state index in [0.29, 0.717) is 0 Å². The first-order valence-corrected chi connectivity index (χ1v) is 6.72. The lowest BCUT2D eigenvalue weighted by atomic mass is 9.86. The minimum atomic E-state index is 0.922. The molecule has 3 rings (SSSR count). The van der Waals surface area contributed by atoms with E-state index in [-0.39, 0.29) is 0 Å². The van der Waals surface area contributed by atoms with Crippen molar-refractivity contribution in [2.24, 2.45) is 4.99 Å². The van der Waals surface area contributed by atoms with Gasteiger partial charge in [-0.05, 0) is 48.4 Å². The molecule has 1 heterocycles. The molecule has 0 atom stereocenters. The molecule has 0 saturated heterocycles. The molecule has 0 fully saturated rings. The van der Waals surface area contributed by atoms with Crippen molar-refractivity contribution >= 4 is 22.9 Å². The van der Waals surface area contributed by atoms with Crippen LogP contribution >= 0.6 is 11.6 Å². The normalized spacial score (nSPS) is 18.4. The highest BCUT2D eigenvalue weighted by Gasteiger charge is 2.19. The summed E-state index contributed by atoms with van der Waals surface area (Å²) in [5.41, 5.74) is 7.52. The summed E-state index contributed by atoms with van der Waals surface area (Å²) in [6.45, 7) is 6.14. The van der Waals surface area contributed by atoms with E-state index in [2.05, 4.69) is 30.6 Å². The van der Waals surface area contributed by atoms with Gasteiger partial charge in [-0.25, -0.2) is 0 Å². The van der Waals surface area contributed by atoms with Gasteiger partial charge in [-0.15, -0.1) is 0 Å². The standard InChI is InChI=1S/C16H16ClN/c1-10-3-5-14-12(7-10)4-6-15(16(14)17)13-8-11(2)18-9-13/h4,6,9H,1,3,5,7-8H2,2H3. The van der Waals surface area contributed by atoms with Crippen molar-refractivity contribution in [1.82, 2.24) is 0 Å². The van der Waals surface area contributed by atoms with Crippen LogP contribution in [-0.4, -0.2) is 5.71 Å². The zero-order valence-corrected chi connectivity index (χ0v) is 11.3. The summed E-state index contributed by atoms with van der Waals surface area (Å²) >= 11 is 6.58. The van der Waals surface area contributed by atoms with Gasteiger partial charge in [-0.3, -0.25) is 4.99 Å². The van der Waals surface area contributed by atoms with Gasteiger partial charge in [0, 0.05) is 18.3 Å². The molecule has 0 aromatic heterocycles. The lowest BCUT2D eigenvalue weighted by Crippen LogP contribution is -2.07. The maximum atomic E-state index is 6.58. The van der Waals surface area contributed by atoms with Gasteiger partial charge in [0.2, 0.25) is 0 Å². The Morgan fingerprint density at radius 3 is 2.78 bits per heavy atom. The van der Waals surface area contributed by atoms with Gasteiger partial charge in [-0.2, -0.15) is 0 Å². The Bertz CT molecular complexity index is 593. The molecule has 2 heteroatoms. The van der Waals surface area contributed by atoms with Gasteiger partial charge in [0.25, 0.3) is 0 Å². The summed E-state index contributed by atoms with van der Waals surface area (Å²) in [6, 6.07) is 4.34. The molecule has 1 aromatic rings. The Labute approximate surface area is 113 Å². The van der Waals surface area contributed by atoms with Gasteiger partial charge in [0.1, 0.15) is 0 Å². The van der Waals surface area contributed by atoms with E-state index in [1.807, 2.05) is 6.20 Å². The highest BCUT2D eigenvalue weighted by molar-refractivity contribution is 6.33. The maximum Gasteiger partial charge on any atom is 0.0516 e. The third kappa shape index (κ3) is 1.93. The summed E-state index contributed by atoms with van der Waals surface area (Å²) in [4.78, 5) is 4.34. The number of nitrogens with zero attached hydrogens (tertiary/aromatic N) is 1. The van der Waals surface area contributed by atoms with Crippen LogP contribution < -0.4 is 0 Å². The van der Waals surface area contributed by atoms with Crippen LogP contribution in [0.4, 0.5) is 0 Å². The molecule has 0 amide bonds. The zero-order valence-electron chi connectivity index (χ0n) is 10.6. The SMILES string of the molecule is C=C1CCc2c(ccc(C3=CN=C(C)C3)c2Cl)C1. The van der Waals surface area contributed by atoms with Gasteiger partial charge in [-0.1, -0.05) is 35.9 Å². The lowest BCUT2D eigenvalue weighted by molar-refractivity contribution is 0.840.